The normalized spacial score (nSPS) is 11.4. The molecular formula is C60H50N8O14. The van der Waals surface area contributed by atoms with Crippen LogP contribution in [0.3, 0.4) is 0 Å². The number of hydrogen-bond donors (Lipinski definition) is 6. The topological polar surface area (TPSA) is 304 Å². The number of nitrogens with one attached hydrogen (secondary N) is 4. The van der Waals surface area contributed by atoms with Crippen LogP contribution in [-0.4, -0.2) is 113 Å². The van der Waals surface area contributed by atoms with E-state index < -0.39 is 47.5 Å². The van der Waals surface area contributed by atoms with Crippen molar-refractivity contribution in [2.24, 2.45) is 0 Å². The van der Waals surface area contributed by atoms with E-state index in [0.717, 1.165) is 22.5 Å². The predicted octanol–water partition coefficient (Wildman–Crippen LogP) is 4.97. The standard InChI is InChI=1S/C60H50N8O14/c1-33-49(53(73)39-17-19-41-43(29-39)63-59(79)67(57(41)77)31-47(69)70)45-7-3-5-23-65(45)51(33)35-9-13-37(14-10-35)55(75)61-21-25-81-27-28-82-26-22-62-56(76)38-15-11-36(12-16-38)52-34(2)50(46-8-4-6-24-66(46)52)54(74)40-18-20-42-44(30-40)64-60(80)68(58(42)78)32-48(71)72/h3-20,23-24,29-30H,21-22,25-28,31-32H2,1-2H3,(H,61,75)(H,62,76)(H,63,79)(H,64,80)(H,69,70)(H,71,72). The first-order valence-corrected chi connectivity index (χ1v) is 25.7. The van der Waals surface area contributed by atoms with Crippen molar-refractivity contribution in [2.75, 3.05) is 39.5 Å². The van der Waals surface area contributed by atoms with Gasteiger partial charge in [0.15, 0.2) is 11.6 Å². The van der Waals surface area contributed by atoms with E-state index in [1.54, 1.807) is 72.8 Å². The Morgan fingerprint density at radius 3 is 1.24 bits per heavy atom. The summed E-state index contributed by atoms with van der Waals surface area (Å²) < 4.78 is 16.2. The number of carboxylic acid groups (broad SMARTS) is 2. The highest BCUT2D eigenvalue weighted by Gasteiger charge is 2.26. The van der Waals surface area contributed by atoms with Crippen molar-refractivity contribution in [3.8, 4) is 22.5 Å². The molecule has 2 amide bonds. The van der Waals surface area contributed by atoms with Gasteiger partial charge in [0.1, 0.15) is 13.1 Å². The van der Waals surface area contributed by atoms with E-state index in [0.29, 0.717) is 53.5 Å². The monoisotopic (exact) mass is 1110 g/mol. The molecule has 6 heterocycles. The zero-order valence-corrected chi connectivity index (χ0v) is 43.9. The Morgan fingerprint density at radius 1 is 0.488 bits per heavy atom. The molecule has 6 aromatic heterocycles. The number of ketones is 2. The second-order valence-corrected chi connectivity index (χ2v) is 19.1. The van der Waals surface area contributed by atoms with Crippen LogP contribution < -0.4 is 33.1 Å². The summed E-state index contributed by atoms with van der Waals surface area (Å²) in [4.78, 5) is 133. The average Bonchev–Trinajstić information content (AvgIpc) is 4.18. The van der Waals surface area contributed by atoms with Crippen LogP contribution in [0.4, 0.5) is 0 Å². The van der Waals surface area contributed by atoms with Gasteiger partial charge in [-0.15, -0.1) is 0 Å². The van der Waals surface area contributed by atoms with Crippen LogP contribution in [0.5, 0.6) is 0 Å². The number of rotatable bonds is 21. The maximum absolute atomic E-state index is 14.2. The quantitative estimate of drug-likeness (QED) is 0.0409. The highest BCUT2D eigenvalue weighted by Crippen LogP contribution is 2.35. The molecule has 6 N–H and O–H groups in total. The van der Waals surface area contributed by atoms with E-state index in [9.17, 15) is 47.9 Å². The fraction of sp³-hybridized carbons (Fsp3) is 0.167. The lowest BCUT2D eigenvalue weighted by atomic mass is 9.97. The van der Waals surface area contributed by atoms with Crippen molar-refractivity contribution in [2.45, 2.75) is 26.9 Å². The number of aromatic amines is 2. The lowest BCUT2D eigenvalue weighted by Crippen LogP contribution is -2.37. The van der Waals surface area contributed by atoms with Crippen LogP contribution >= 0.6 is 0 Å². The van der Waals surface area contributed by atoms with Crippen molar-refractivity contribution in [3.05, 3.63) is 220 Å². The molecule has 4 aromatic carbocycles. The molecule has 0 atom stereocenters. The zero-order chi connectivity index (χ0) is 57.9. The van der Waals surface area contributed by atoms with Crippen LogP contribution in [0.25, 0.3) is 55.4 Å². The van der Waals surface area contributed by atoms with E-state index in [1.165, 1.54) is 36.4 Å². The van der Waals surface area contributed by atoms with E-state index in [-0.39, 0.29) is 95.8 Å². The number of hydrogen-bond acceptors (Lipinski definition) is 12. The number of amides is 2. The number of benzene rings is 4. The molecule has 0 aliphatic carbocycles. The van der Waals surface area contributed by atoms with E-state index in [1.807, 2.05) is 47.2 Å². The minimum absolute atomic E-state index is 0.0551. The number of carbonyl (C=O) groups excluding carboxylic acids is 4. The SMILES string of the molecule is Cc1c(C(=O)c2ccc3c(=O)n(CC(=O)O)c(=O)[nH]c3c2)c2ccccn2c1-c1ccc(C(=O)NCCOCCOCCNC(=O)c2ccc(-c3c(C)c(C(=O)c4ccc5c(=O)n(CC(=O)O)c(=O)[nH]c5c4)c4ccccn34)cc2)cc1. The van der Waals surface area contributed by atoms with Gasteiger partial charge in [-0.3, -0.25) is 38.4 Å². The van der Waals surface area contributed by atoms with Crippen LogP contribution in [0.15, 0.2) is 153 Å². The molecule has 0 aliphatic heterocycles. The first-order valence-electron chi connectivity index (χ1n) is 25.7. The number of aromatic nitrogens is 6. The highest BCUT2D eigenvalue weighted by atomic mass is 16.5. The molecule has 414 valence electrons. The Morgan fingerprint density at radius 2 is 0.866 bits per heavy atom. The van der Waals surface area contributed by atoms with Gasteiger partial charge in [0.2, 0.25) is 0 Å². The van der Waals surface area contributed by atoms with Gasteiger partial charge in [-0.1, -0.05) is 48.5 Å². The molecule has 0 saturated heterocycles. The number of H-pyrrole nitrogens is 2. The first-order chi connectivity index (χ1) is 39.5. The summed E-state index contributed by atoms with van der Waals surface area (Å²) in [5.41, 5.74) is 4.25. The Kier molecular flexibility index (Phi) is 15.4. The minimum Gasteiger partial charge on any atom is -0.480 e. The maximum Gasteiger partial charge on any atom is 0.329 e. The van der Waals surface area contributed by atoms with Gasteiger partial charge in [0, 0.05) is 47.7 Å². The number of nitrogens with zero attached hydrogens (tertiary/aromatic N) is 4. The van der Waals surface area contributed by atoms with Gasteiger partial charge >= 0.3 is 23.3 Å². The Balaban J connectivity index is 0.681. The molecule has 82 heavy (non-hydrogen) atoms. The third-order valence-electron chi connectivity index (χ3n) is 14.0. The first kappa shape index (κ1) is 54.8. The third-order valence-corrected chi connectivity index (χ3v) is 14.0. The number of aliphatic carboxylic acids is 2. The van der Waals surface area contributed by atoms with Gasteiger partial charge in [-0.25, -0.2) is 18.7 Å². The van der Waals surface area contributed by atoms with E-state index >= 15 is 0 Å². The molecule has 0 fully saturated rings. The number of pyridine rings is 2. The van der Waals surface area contributed by atoms with Gasteiger partial charge in [0.05, 0.1) is 81.8 Å². The summed E-state index contributed by atoms with van der Waals surface area (Å²) >= 11 is 0. The largest absolute Gasteiger partial charge is 0.480 e. The summed E-state index contributed by atoms with van der Waals surface area (Å²) in [6.45, 7) is 3.38. The number of fused-ring (bicyclic) bond motifs is 4. The molecular weight excluding hydrogens is 1060 g/mol. The van der Waals surface area contributed by atoms with Crippen LogP contribution in [0.2, 0.25) is 0 Å². The summed E-state index contributed by atoms with van der Waals surface area (Å²) in [5.74, 6) is -4.06. The molecule has 0 radical (unpaired) electrons. The number of ether oxygens (including phenoxy) is 2. The molecule has 0 saturated carbocycles. The molecule has 10 rings (SSSR count). The van der Waals surface area contributed by atoms with Crippen LogP contribution in [-0.2, 0) is 32.2 Å². The average molecular weight is 1110 g/mol. The van der Waals surface area contributed by atoms with Crippen molar-refractivity contribution < 1.29 is 48.5 Å². The second kappa shape index (κ2) is 23.0. The van der Waals surface area contributed by atoms with Gasteiger partial charge < -0.3 is 49.1 Å². The number of carbonyl (C=O) groups is 6. The summed E-state index contributed by atoms with van der Waals surface area (Å²) in [7, 11) is 0. The Hall–Kier alpha value is -10.6. The van der Waals surface area contributed by atoms with Gasteiger partial charge in [0.25, 0.3) is 22.9 Å². The lowest BCUT2D eigenvalue weighted by molar-refractivity contribution is -0.138. The van der Waals surface area contributed by atoms with E-state index in [2.05, 4.69) is 20.6 Å². The fourth-order valence-corrected chi connectivity index (χ4v) is 10.1. The smallest absolute Gasteiger partial charge is 0.329 e. The molecule has 0 unspecified atom stereocenters. The Bertz CT molecular complexity index is 4220. The predicted molar refractivity (Wildman–Crippen MR) is 301 cm³/mol. The lowest BCUT2D eigenvalue weighted by Gasteiger charge is -2.10. The molecule has 22 nitrogen and oxygen atoms in total. The summed E-state index contributed by atoms with van der Waals surface area (Å²) in [6, 6.07) is 33.2. The Labute approximate surface area is 462 Å². The molecule has 0 bridgehead atoms. The van der Waals surface area contributed by atoms with Crippen molar-refractivity contribution in [1.82, 2.24) is 38.5 Å². The molecule has 0 aliphatic rings. The third kappa shape index (κ3) is 10.7. The summed E-state index contributed by atoms with van der Waals surface area (Å²) in [5, 5.41) is 24.1. The second-order valence-electron chi connectivity index (χ2n) is 19.1. The fourth-order valence-electron chi connectivity index (χ4n) is 10.1. The van der Waals surface area contributed by atoms with E-state index in [4.69, 9.17) is 19.7 Å². The minimum atomic E-state index is -1.35. The maximum atomic E-state index is 14.2. The highest BCUT2D eigenvalue weighted by molar-refractivity contribution is 6.17. The zero-order valence-electron chi connectivity index (χ0n) is 43.9. The van der Waals surface area contributed by atoms with Gasteiger partial charge in [-0.2, -0.15) is 0 Å². The van der Waals surface area contributed by atoms with Crippen molar-refractivity contribution in [3.63, 3.8) is 0 Å². The summed E-state index contributed by atoms with van der Waals surface area (Å²) in [6.07, 6.45) is 3.65. The number of carboxylic acids is 2. The van der Waals surface area contributed by atoms with Crippen molar-refractivity contribution in [1.29, 1.82) is 0 Å². The molecule has 0 spiro atoms. The van der Waals surface area contributed by atoms with Gasteiger partial charge in [-0.05, 0) is 109 Å². The van der Waals surface area contributed by atoms with Crippen molar-refractivity contribution >= 4 is 68.2 Å². The molecule has 10 aromatic rings. The van der Waals surface area contributed by atoms with Crippen LogP contribution in [0.1, 0.15) is 63.7 Å². The molecule has 22 heteroatoms. The van der Waals surface area contributed by atoms with Crippen LogP contribution in [0, 0.1) is 13.8 Å².